The number of benzene rings is 1. The van der Waals surface area contributed by atoms with Gasteiger partial charge >= 0.3 is 6.18 Å². The highest BCUT2D eigenvalue weighted by Crippen LogP contribution is 2.28. The van der Waals surface area contributed by atoms with E-state index in [0.717, 1.165) is 50.4 Å². The molecule has 1 aliphatic heterocycles. The van der Waals surface area contributed by atoms with Crippen molar-refractivity contribution in [3.05, 3.63) is 52.9 Å². The Bertz CT molecular complexity index is 723. The number of likely N-dealkylation sites (tertiary alicyclic amines) is 1. The number of alkyl halides is 3. The van der Waals surface area contributed by atoms with Crippen LogP contribution >= 0.6 is 11.6 Å². The zero-order valence-corrected chi connectivity index (χ0v) is 14.2. The van der Waals surface area contributed by atoms with Crippen molar-refractivity contribution in [2.24, 2.45) is 0 Å². The molecule has 0 spiro atoms. The lowest BCUT2D eigenvalue weighted by atomic mass is 10.0. The van der Waals surface area contributed by atoms with Gasteiger partial charge in [-0.1, -0.05) is 23.7 Å². The van der Waals surface area contributed by atoms with Crippen LogP contribution in [0.5, 0.6) is 0 Å². The maximum atomic E-state index is 12.7. The third-order valence-electron chi connectivity index (χ3n) is 4.11. The van der Waals surface area contributed by atoms with Gasteiger partial charge in [0.05, 0.1) is 0 Å². The van der Waals surface area contributed by atoms with Gasteiger partial charge in [-0.15, -0.1) is 0 Å². The van der Waals surface area contributed by atoms with Crippen LogP contribution in [0, 0.1) is 0 Å². The normalized spacial score (nSPS) is 19.0. The molecule has 2 heterocycles. The summed E-state index contributed by atoms with van der Waals surface area (Å²) in [5.41, 5.74) is 0.186. The van der Waals surface area contributed by atoms with E-state index in [2.05, 4.69) is 20.2 Å². The first-order chi connectivity index (χ1) is 11.9. The van der Waals surface area contributed by atoms with Crippen molar-refractivity contribution in [3.63, 3.8) is 0 Å². The molecule has 3 rings (SSSR count). The topological polar surface area (TPSA) is 41.0 Å². The highest BCUT2D eigenvalue weighted by molar-refractivity contribution is 6.30. The molecule has 1 aromatic carbocycles. The molecule has 8 heteroatoms. The van der Waals surface area contributed by atoms with Crippen LogP contribution in [0.4, 0.5) is 19.0 Å². The summed E-state index contributed by atoms with van der Waals surface area (Å²) in [5.74, 6) is 0.205. The quantitative estimate of drug-likeness (QED) is 0.874. The van der Waals surface area contributed by atoms with Crippen LogP contribution in [0.25, 0.3) is 0 Å². The Morgan fingerprint density at radius 3 is 2.84 bits per heavy atom. The third kappa shape index (κ3) is 5.06. The smallest absolute Gasteiger partial charge is 0.366 e. The molecule has 1 saturated heterocycles. The molecule has 1 aliphatic rings. The maximum Gasteiger partial charge on any atom is 0.433 e. The van der Waals surface area contributed by atoms with Gasteiger partial charge in [-0.3, -0.25) is 4.90 Å². The predicted octanol–water partition coefficient (Wildman–Crippen LogP) is 4.23. The molecule has 1 atom stereocenters. The van der Waals surface area contributed by atoms with Crippen molar-refractivity contribution in [2.45, 2.75) is 31.6 Å². The van der Waals surface area contributed by atoms with Gasteiger partial charge in [-0.2, -0.15) is 13.2 Å². The summed E-state index contributed by atoms with van der Waals surface area (Å²) in [7, 11) is 0. The second-order valence-corrected chi connectivity index (χ2v) is 6.57. The lowest BCUT2D eigenvalue weighted by Crippen LogP contribution is -2.41. The first-order valence-corrected chi connectivity index (χ1v) is 8.40. The predicted molar refractivity (Wildman–Crippen MR) is 90.4 cm³/mol. The van der Waals surface area contributed by atoms with Crippen LogP contribution in [0.1, 0.15) is 24.1 Å². The molecule has 0 bridgehead atoms. The number of piperidine rings is 1. The van der Waals surface area contributed by atoms with Crippen LogP contribution in [0.3, 0.4) is 0 Å². The van der Waals surface area contributed by atoms with E-state index in [1.807, 2.05) is 24.3 Å². The van der Waals surface area contributed by atoms with Gasteiger partial charge in [0.15, 0.2) is 0 Å². The second kappa shape index (κ2) is 7.58. The standard InChI is InChI=1S/C17H18ClF3N4/c18-13-4-1-3-12(7-13)9-25-6-2-5-14(10-25)24-16-8-15(17(19,20)21)22-11-23-16/h1,3-4,7-8,11,14H,2,5-6,9-10H2,(H,22,23,24). The SMILES string of the molecule is FC(F)(F)c1cc(NC2CCCN(Cc3cccc(Cl)c3)C2)ncn1. The number of hydrogen-bond donors (Lipinski definition) is 1. The minimum Gasteiger partial charge on any atom is -0.366 e. The van der Waals surface area contributed by atoms with E-state index in [9.17, 15) is 13.2 Å². The van der Waals surface area contributed by atoms with Crippen LogP contribution in [-0.4, -0.2) is 34.0 Å². The molecule has 1 N–H and O–H groups in total. The first-order valence-electron chi connectivity index (χ1n) is 8.03. The Hall–Kier alpha value is -1.86. The Kier molecular flexibility index (Phi) is 5.44. The summed E-state index contributed by atoms with van der Waals surface area (Å²) >= 11 is 6.01. The lowest BCUT2D eigenvalue weighted by Gasteiger charge is -2.33. The van der Waals surface area contributed by atoms with Crippen LogP contribution < -0.4 is 5.32 Å². The first kappa shape index (κ1) is 17.9. The molecule has 134 valence electrons. The number of halogens is 4. The maximum absolute atomic E-state index is 12.7. The van der Waals surface area contributed by atoms with Gasteiger partial charge in [-0.05, 0) is 37.1 Å². The van der Waals surface area contributed by atoms with Crippen molar-refractivity contribution < 1.29 is 13.2 Å². The van der Waals surface area contributed by atoms with E-state index >= 15 is 0 Å². The molecule has 2 aromatic rings. The van der Waals surface area contributed by atoms with E-state index in [1.54, 1.807) is 0 Å². The highest BCUT2D eigenvalue weighted by Gasteiger charge is 2.33. The minimum absolute atomic E-state index is 0.0453. The van der Waals surface area contributed by atoms with Crippen molar-refractivity contribution in [1.29, 1.82) is 0 Å². The Balaban J connectivity index is 1.62. The van der Waals surface area contributed by atoms with Crippen LogP contribution in [0.2, 0.25) is 5.02 Å². The molecule has 0 amide bonds. The molecule has 0 saturated carbocycles. The van der Waals surface area contributed by atoms with Crippen molar-refractivity contribution in [2.75, 3.05) is 18.4 Å². The molecule has 1 unspecified atom stereocenters. The van der Waals surface area contributed by atoms with Gasteiger partial charge in [0.1, 0.15) is 17.8 Å². The molecule has 1 aromatic heterocycles. The fraction of sp³-hybridized carbons (Fsp3) is 0.412. The number of nitrogens with zero attached hydrogens (tertiary/aromatic N) is 3. The molecular formula is C17H18ClF3N4. The Morgan fingerprint density at radius 1 is 1.24 bits per heavy atom. The van der Waals surface area contributed by atoms with Crippen LogP contribution in [-0.2, 0) is 12.7 Å². The van der Waals surface area contributed by atoms with Gasteiger partial charge in [-0.25, -0.2) is 9.97 Å². The molecule has 1 fully saturated rings. The fourth-order valence-corrected chi connectivity index (χ4v) is 3.22. The number of rotatable bonds is 4. The minimum atomic E-state index is -4.47. The summed E-state index contributed by atoms with van der Waals surface area (Å²) in [4.78, 5) is 9.46. The summed E-state index contributed by atoms with van der Waals surface area (Å²) in [6.07, 6.45) is -1.67. The number of hydrogen-bond acceptors (Lipinski definition) is 4. The summed E-state index contributed by atoms with van der Waals surface area (Å²) in [6, 6.07) is 8.69. The lowest BCUT2D eigenvalue weighted by molar-refractivity contribution is -0.141. The highest BCUT2D eigenvalue weighted by atomic mass is 35.5. The average Bonchev–Trinajstić information content (AvgIpc) is 2.55. The second-order valence-electron chi connectivity index (χ2n) is 6.13. The van der Waals surface area contributed by atoms with E-state index in [-0.39, 0.29) is 11.9 Å². The molecule has 0 radical (unpaired) electrons. The Morgan fingerprint density at radius 2 is 2.08 bits per heavy atom. The summed E-state index contributed by atoms with van der Waals surface area (Å²) < 4.78 is 38.2. The van der Waals surface area contributed by atoms with E-state index < -0.39 is 11.9 Å². The van der Waals surface area contributed by atoms with Gasteiger partial charge in [0.2, 0.25) is 0 Å². The summed E-state index contributed by atoms with van der Waals surface area (Å²) in [5, 5.41) is 3.80. The molecule has 4 nitrogen and oxygen atoms in total. The summed E-state index contributed by atoms with van der Waals surface area (Å²) in [6.45, 7) is 2.44. The average molecular weight is 371 g/mol. The largest absolute Gasteiger partial charge is 0.433 e. The van der Waals surface area contributed by atoms with E-state index in [4.69, 9.17) is 11.6 Å². The van der Waals surface area contributed by atoms with Gasteiger partial charge in [0, 0.05) is 30.2 Å². The van der Waals surface area contributed by atoms with Crippen molar-refractivity contribution in [3.8, 4) is 0 Å². The number of aromatic nitrogens is 2. The van der Waals surface area contributed by atoms with Gasteiger partial charge in [0.25, 0.3) is 0 Å². The molecular weight excluding hydrogens is 353 g/mol. The number of anilines is 1. The number of nitrogens with one attached hydrogen (secondary N) is 1. The van der Waals surface area contributed by atoms with Gasteiger partial charge < -0.3 is 5.32 Å². The van der Waals surface area contributed by atoms with E-state index in [1.165, 1.54) is 0 Å². The monoisotopic (exact) mass is 370 g/mol. The molecule has 25 heavy (non-hydrogen) atoms. The Labute approximate surface area is 149 Å². The zero-order valence-electron chi connectivity index (χ0n) is 13.4. The van der Waals surface area contributed by atoms with Crippen LogP contribution in [0.15, 0.2) is 36.7 Å². The van der Waals surface area contributed by atoms with Crippen molar-refractivity contribution >= 4 is 17.4 Å². The third-order valence-corrected chi connectivity index (χ3v) is 4.35. The molecule has 0 aliphatic carbocycles. The zero-order chi connectivity index (χ0) is 17.9. The fourth-order valence-electron chi connectivity index (χ4n) is 3.01. The van der Waals surface area contributed by atoms with Crippen molar-refractivity contribution in [1.82, 2.24) is 14.9 Å². The van der Waals surface area contributed by atoms with E-state index in [0.29, 0.717) is 5.02 Å².